The molecule has 0 aliphatic carbocycles. The lowest BCUT2D eigenvalue weighted by atomic mass is 9.85. The number of nitrogens with one attached hydrogen (secondary N) is 10. The van der Waals surface area contributed by atoms with Gasteiger partial charge in [-0.25, -0.2) is 0 Å². The maximum atomic E-state index is 16.3. The molecule has 8 amide bonds. The van der Waals surface area contributed by atoms with Gasteiger partial charge in [-0.1, -0.05) is 120 Å². The van der Waals surface area contributed by atoms with E-state index in [1.54, 1.807) is 13.8 Å². The number of carbonyl (C=O) groups is 8. The number of aliphatic hydroxyl groups excluding tert-OH is 5. The second kappa shape index (κ2) is 41.2. The average Bonchev–Trinajstić information content (AvgIpc) is 0.771. The van der Waals surface area contributed by atoms with Crippen molar-refractivity contribution >= 4 is 70.5 Å². The Hall–Kier alpha value is -9.24. The number of halogens is 2. The Morgan fingerprint density at radius 1 is 0.653 bits per heavy atom. The summed E-state index contributed by atoms with van der Waals surface area (Å²) >= 11 is 14.4. The Labute approximate surface area is 693 Å². The number of amides is 8. The maximum absolute atomic E-state index is 16.3. The number of phenols is 3. The van der Waals surface area contributed by atoms with E-state index in [2.05, 4.69) is 60.1 Å². The number of benzene rings is 5. The van der Waals surface area contributed by atoms with Crippen molar-refractivity contribution in [1.29, 1.82) is 0 Å². The van der Waals surface area contributed by atoms with Crippen LogP contribution in [0.5, 0.6) is 46.0 Å². The minimum atomic E-state index is -2.31. The van der Waals surface area contributed by atoms with Crippen molar-refractivity contribution in [1.82, 2.24) is 53.2 Å². The van der Waals surface area contributed by atoms with Crippen LogP contribution in [0.3, 0.4) is 0 Å². The van der Waals surface area contributed by atoms with Gasteiger partial charge in [0.15, 0.2) is 23.9 Å². The number of aromatic hydroxyl groups is 3. The molecule has 12 rings (SSSR count). The highest BCUT2D eigenvalue weighted by Crippen LogP contribution is 2.50. The second-order valence-corrected chi connectivity index (χ2v) is 32.0. The molecule has 0 unspecified atom stereocenters. The molecule has 2 saturated heterocycles. The van der Waals surface area contributed by atoms with Crippen LogP contribution in [-0.4, -0.2) is 207 Å². The molecule has 0 saturated carbocycles. The van der Waals surface area contributed by atoms with E-state index in [1.165, 1.54) is 69.5 Å². The number of nitrogens with two attached hydrogens (primary N) is 2. The first kappa shape index (κ1) is 91.1. The summed E-state index contributed by atoms with van der Waals surface area (Å²) in [5.74, 6) is -14.0. The molecule has 5 aromatic carbocycles. The molecule has 34 nitrogen and oxygen atoms in total. The van der Waals surface area contributed by atoms with Gasteiger partial charge in [0.25, 0.3) is 0 Å². The highest BCUT2D eigenvalue weighted by atomic mass is 35.5. The van der Waals surface area contributed by atoms with Crippen molar-refractivity contribution in [3.8, 4) is 57.1 Å². The quantitative estimate of drug-likeness (QED) is 0.0297. The molecule has 7 heterocycles. The van der Waals surface area contributed by atoms with E-state index in [0.29, 0.717) is 25.9 Å². The molecule has 22 N–H and O–H groups in total. The summed E-state index contributed by atoms with van der Waals surface area (Å²) in [5.41, 5.74) is 8.88. The van der Waals surface area contributed by atoms with E-state index in [-0.39, 0.29) is 80.2 Å². The largest absolute Gasteiger partial charge is 0.508 e. The summed E-state index contributed by atoms with van der Waals surface area (Å²) in [6.45, 7) is 12.4. The average molecular weight is 1690 g/mol. The standard InChI is InChI=1S/C82H110Cl2N12O22/c1-8-10-12-13-14-15-16-17-24-88-26-27-90-82(6)37-60(113-40(5)73(82)105)117-72-70(104)69(103)58(38-85)116-81(72)118-71-56-32-44-33-57(71)115-55-23-20-43(31-49(55)84)68(102)66-80(112)94-64(76(108)89-25-11-9-2)47-34-45(97)35-53(99)61(47)46-29-41(18-21-52(46)98)62(77(109)96-66)93-78(110)63(44)92-75(107)51(36-59(86)100)91-79(111)65(95-74(106)50(87-7)28-39(3)4)67(101)42-19-22-54(114-56)48(83)30-42/h18-23,29-35,39-40,50-51,58,60,62-70,72-73,81,87-88,90,97-99,101-105H,8-17,24-28,36-38,85H2,1-7H3,(H2,86,100)(H,89,108)(H,91,111)(H,92,107)(H,93,110)(H,94,112)(H,95,106)(H,96,109)/t40-,50+,51-,58+,60-,62+,63+,64-,65+,66-,67+,68+,69+,70-,72+,73+,81-,82-/m0/s1. The van der Waals surface area contributed by atoms with Gasteiger partial charge in [-0.2, -0.15) is 0 Å². The molecule has 18 atom stereocenters. The Kier molecular flexibility index (Phi) is 31.8. The first-order chi connectivity index (χ1) is 56.3. The number of aliphatic hydroxyl groups is 5. The van der Waals surface area contributed by atoms with E-state index in [4.69, 9.17) is 63.1 Å². The minimum Gasteiger partial charge on any atom is -0.508 e. The van der Waals surface area contributed by atoms with Crippen LogP contribution in [0, 0.1) is 5.92 Å². The molecule has 0 spiro atoms. The molecule has 11 bridgehead atoms. The van der Waals surface area contributed by atoms with Crippen molar-refractivity contribution in [2.45, 2.75) is 234 Å². The normalized spacial score (nSPS) is 26.9. The van der Waals surface area contributed by atoms with E-state index in [1.807, 2.05) is 20.8 Å². The van der Waals surface area contributed by atoms with Gasteiger partial charge in [0, 0.05) is 55.3 Å². The zero-order valence-electron chi connectivity index (χ0n) is 66.8. The number of phenolic OH excluding ortho intramolecular Hbond substituents is 3. The monoisotopic (exact) mass is 1680 g/mol. The van der Waals surface area contributed by atoms with Crippen LogP contribution in [0.2, 0.25) is 10.0 Å². The van der Waals surface area contributed by atoms with Crippen molar-refractivity contribution in [3.63, 3.8) is 0 Å². The van der Waals surface area contributed by atoms with Gasteiger partial charge in [-0.15, -0.1) is 0 Å². The van der Waals surface area contributed by atoms with Gasteiger partial charge in [-0.05, 0) is 135 Å². The molecule has 644 valence electrons. The van der Waals surface area contributed by atoms with Crippen LogP contribution in [0.25, 0.3) is 11.1 Å². The summed E-state index contributed by atoms with van der Waals surface area (Å²) in [5, 5.41) is 123. The lowest BCUT2D eigenvalue weighted by Crippen LogP contribution is -2.66. The zero-order chi connectivity index (χ0) is 85.6. The smallest absolute Gasteiger partial charge is 0.248 e. The molecule has 118 heavy (non-hydrogen) atoms. The Morgan fingerprint density at radius 3 is 1.90 bits per heavy atom. The van der Waals surface area contributed by atoms with E-state index in [9.17, 15) is 55.2 Å². The lowest BCUT2D eigenvalue weighted by Gasteiger charge is -2.48. The number of hydrogen-bond acceptors (Lipinski definition) is 26. The molecule has 5 aromatic rings. The van der Waals surface area contributed by atoms with E-state index < -0.39 is 210 Å². The molecule has 0 radical (unpaired) electrons. The third kappa shape index (κ3) is 22.0. The van der Waals surface area contributed by atoms with Crippen molar-refractivity contribution in [3.05, 3.63) is 117 Å². The second-order valence-electron chi connectivity index (χ2n) is 31.1. The first-order valence-corrected chi connectivity index (χ1v) is 40.8. The molecule has 36 heteroatoms. The Bertz CT molecular complexity index is 4420. The van der Waals surface area contributed by atoms with Gasteiger partial charge < -0.3 is 134 Å². The van der Waals surface area contributed by atoms with Crippen molar-refractivity contribution in [2.24, 2.45) is 17.4 Å². The summed E-state index contributed by atoms with van der Waals surface area (Å²) in [4.78, 5) is 120. The van der Waals surface area contributed by atoms with Gasteiger partial charge in [0.05, 0.1) is 34.7 Å². The van der Waals surface area contributed by atoms with Crippen LogP contribution in [0.1, 0.15) is 183 Å². The van der Waals surface area contributed by atoms with Crippen LogP contribution in [-0.2, 0) is 52.6 Å². The summed E-state index contributed by atoms with van der Waals surface area (Å²) in [6, 6.07) is 1.03. The fourth-order valence-electron chi connectivity index (χ4n) is 15.1. The first-order valence-electron chi connectivity index (χ1n) is 40.0. The summed E-state index contributed by atoms with van der Waals surface area (Å²) in [7, 11) is 1.50. The number of hydrogen-bond donors (Lipinski definition) is 20. The number of fused-ring (bicyclic) bond motifs is 15. The molecular weight excluding hydrogens is 1580 g/mol. The fourth-order valence-corrected chi connectivity index (χ4v) is 15.6. The van der Waals surface area contributed by atoms with Crippen LogP contribution in [0.15, 0.2) is 78.9 Å². The molecule has 2 fully saturated rings. The topological polar surface area (TPSA) is 526 Å². The van der Waals surface area contributed by atoms with E-state index >= 15 is 24.0 Å². The Balaban J connectivity index is 1.16. The Morgan fingerprint density at radius 2 is 1.27 bits per heavy atom. The van der Waals surface area contributed by atoms with Crippen LogP contribution >= 0.6 is 23.2 Å². The number of rotatable bonds is 29. The molecule has 7 aliphatic heterocycles. The molecular formula is C82H110Cl2N12O22. The van der Waals surface area contributed by atoms with Gasteiger partial charge >= 0.3 is 0 Å². The number of likely N-dealkylation sites (N-methyl/N-ethyl adjacent to an activating group) is 1. The van der Waals surface area contributed by atoms with Crippen molar-refractivity contribution < 1.29 is 108 Å². The minimum absolute atomic E-state index is 0.0541. The highest BCUT2D eigenvalue weighted by Gasteiger charge is 2.52. The van der Waals surface area contributed by atoms with Gasteiger partial charge in [-0.3, -0.25) is 38.4 Å². The number of ether oxygens (including phenoxy) is 6. The third-order valence-electron chi connectivity index (χ3n) is 21.7. The van der Waals surface area contributed by atoms with Crippen LogP contribution in [0.4, 0.5) is 0 Å². The van der Waals surface area contributed by atoms with E-state index in [0.717, 1.165) is 74.3 Å². The lowest BCUT2D eigenvalue weighted by molar-refractivity contribution is -0.331. The van der Waals surface area contributed by atoms with Gasteiger partial charge in [0.2, 0.25) is 59.3 Å². The maximum Gasteiger partial charge on any atom is 0.248 e. The highest BCUT2D eigenvalue weighted by molar-refractivity contribution is 6.32. The number of primary amides is 1. The summed E-state index contributed by atoms with van der Waals surface area (Å²) < 4.78 is 39.9. The summed E-state index contributed by atoms with van der Waals surface area (Å²) in [6.07, 6.45) is -7.04. The fraction of sp³-hybridized carbons (Fsp3) is 0.537. The third-order valence-corrected chi connectivity index (χ3v) is 22.3. The molecule has 7 aliphatic rings. The SMILES string of the molecule is CCCCCCCCCCNCCN[C@@]1(C)C[C@H](O[C@H]2[C@H](Oc3c4cc5cc3Oc3ccc(cc3Cl)[C@@H](O)[C@@H](NC(=O)[C@@H](CC(C)C)NC)C(=O)N[C@@H](CC(N)=O)C(=O)N[C@H]5C(=O)N[C@H]3C(=O)N[C@H](C(=O)N[C@H](C(=O)NCCCC)c5cc(O)cc(O)c5-c5cc3ccc5O)[C@H](O)c3ccc(c(Cl)c3)O4)O[C@H](CN)[C@@H](O)[C@@H]2O)O[C@@H](C)[C@H]1O. The number of unbranched alkanes of at least 4 members (excludes halogenated alkanes) is 8. The predicted octanol–water partition coefficient (Wildman–Crippen LogP) is 4.27. The number of carbonyl (C=O) groups excluding carboxylic acids is 8. The van der Waals surface area contributed by atoms with Crippen molar-refractivity contribution in [2.75, 3.05) is 39.8 Å². The molecule has 0 aromatic heterocycles. The van der Waals surface area contributed by atoms with Gasteiger partial charge in [0.1, 0.15) is 95.5 Å². The zero-order valence-corrected chi connectivity index (χ0v) is 68.3. The predicted molar refractivity (Wildman–Crippen MR) is 431 cm³/mol. The van der Waals surface area contributed by atoms with Crippen LogP contribution < -0.4 is 78.8 Å².